The number of rotatable bonds is 2. The molecule has 4 rings (SSSR count). The van der Waals surface area contributed by atoms with E-state index in [0.717, 1.165) is 36.2 Å². The van der Waals surface area contributed by atoms with E-state index in [-0.39, 0.29) is 18.0 Å². The minimum atomic E-state index is -0.126. The molecule has 0 radical (unpaired) electrons. The fourth-order valence-corrected chi connectivity index (χ4v) is 3.79. The average Bonchev–Trinajstić information content (AvgIpc) is 2.84. The highest BCUT2D eigenvalue weighted by Crippen LogP contribution is 2.44. The van der Waals surface area contributed by atoms with Crippen molar-refractivity contribution in [3.8, 4) is 0 Å². The third-order valence-electron chi connectivity index (χ3n) is 4.69. The lowest BCUT2D eigenvalue weighted by Gasteiger charge is -2.25. The number of hydrogen-bond acceptors (Lipinski definition) is 3. The molecule has 0 aliphatic carbocycles. The van der Waals surface area contributed by atoms with Gasteiger partial charge in [-0.05, 0) is 37.4 Å². The number of benzene rings is 2. The summed E-state index contributed by atoms with van der Waals surface area (Å²) in [4.78, 5) is 8.34. The Morgan fingerprint density at radius 1 is 1.13 bits per heavy atom. The lowest BCUT2D eigenvalue weighted by molar-refractivity contribution is 0.0648. The molecule has 2 aromatic rings. The van der Waals surface area contributed by atoms with E-state index in [1.807, 2.05) is 37.4 Å². The van der Waals surface area contributed by atoms with Crippen molar-refractivity contribution in [3.63, 3.8) is 0 Å². The number of nitrogens with zero attached hydrogens (tertiary/aromatic N) is 2. The zero-order chi connectivity index (χ0) is 16.0. The molecule has 0 spiro atoms. The van der Waals surface area contributed by atoms with Gasteiger partial charge in [0.15, 0.2) is 0 Å². The molecule has 0 amide bonds. The first-order chi connectivity index (χ1) is 11.1. The molecule has 3 nitrogen and oxygen atoms in total. The second-order valence-corrected chi connectivity index (χ2v) is 6.69. The van der Waals surface area contributed by atoms with Crippen molar-refractivity contribution in [1.82, 2.24) is 4.90 Å². The highest BCUT2D eigenvalue weighted by molar-refractivity contribution is 5.59. The Kier molecular flexibility index (Phi) is 3.58. The fraction of sp³-hybridized carbons (Fsp3) is 0.368. The molecule has 2 aliphatic heterocycles. The van der Waals surface area contributed by atoms with E-state index in [1.165, 1.54) is 5.56 Å². The Morgan fingerprint density at radius 2 is 1.91 bits per heavy atom. The molecular weight excluding hydrogens is 291 g/mol. The van der Waals surface area contributed by atoms with Crippen LogP contribution in [0, 0.1) is 5.82 Å². The molecule has 2 aliphatic rings. The van der Waals surface area contributed by atoms with Crippen LogP contribution in [0.4, 0.5) is 10.1 Å². The van der Waals surface area contributed by atoms with Gasteiger partial charge in [-0.2, -0.15) is 0 Å². The predicted octanol–water partition coefficient (Wildman–Crippen LogP) is 3.54. The minimum absolute atomic E-state index is 0.0557. The Bertz CT molecular complexity index is 731. The number of likely N-dealkylation sites (N-methyl/N-ethyl adjacent to an activating group) is 1. The molecule has 1 fully saturated rings. The van der Waals surface area contributed by atoms with Crippen molar-refractivity contribution >= 4 is 5.69 Å². The topological polar surface area (TPSA) is 15.7 Å². The van der Waals surface area contributed by atoms with E-state index in [0.29, 0.717) is 0 Å². The molecule has 120 valence electrons. The fourth-order valence-electron chi connectivity index (χ4n) is 3.79. The van der Waals surface area contributed by atoms with E-state index in [4.69, 9.17) is 4.84 Å². The van der Waals surface area contributed by atoms with Crippen LogP contribution in [-0.2, 0) is 11.3 Å². The number of halogens is 1. The molecule has 0 saturated carbocycles. The number of fused-ring (bicyclic) bond motifs is 5. The molecule has 0 bridgehead atoms. The van der Waals surface area contributed by atoms with Gasteiger partial charge in [0.25, 0.3) is 0 Å². The van der Waals surface area contributed by atoms with Crippen molar-refractivity contribution in [2.75, 3.05) is 25.7 Å². The van der Waals surface area contributed by atoms with Crippen molar-refractivity contribution < 1.29 is 9.23 Å². The normalized spacial score (nSPS) is 22.5. The summed E-state index contributed by atoms with van der Waals surface area (Å²) in [7, 11) is 4.07. The third kappa shape index (κ3) is 2.52. The molecular formula is C19H21FN2O. The summed E-state index contributed by atoms with van der Waals surface area (Å²) in [6, 6.07) is 13.6. The number of anilines is 1. The quantitative estimate of drug-likeness (QED) is 0.843. The second-order valence-electron chi connectivity index (χ2n) is 6.69. The van der Waals surface area contributed by atoms with Crippen LogP contribution in [0.1, 0.15) is 29.2 Å². The highest BCUT2D eigenvalue weighted by Gasteiger charge is 2.40. The predicted molar refractivity (Wildman–Crippen MR) is 88.9 cm³/mol. The summed E-state index contributed by atoms with van der Waals surface area (Å²) in [6.45, 7) is 0.832. The SMILES string of the molecule is CN(C)CC1CC2c3c(F)cccc3Cc3ccccc3N2O1. The maximum atomic E-state index is 14.6. The maximum absolute atomic E-state index is 14.6. The average molecular weight is 312 g/mol. The van der Waals surface area contributed by atoms with Gasteiger partial charge < -0.3 is 4.90 Å². The highest BCUT2D eigenvalue weighted by atomic mass is 19.1. The molecule has 4 heteroatoms. The van der Waals surface area contributed by atoms with Gasteiger partial charge in [0, 0.05) is 24.9 Å². The van der Waals surface area contributed by atoms with E-state index in [1.54, 1.807) is 12.1 Å². The number of para-hydroxylation sites is 1. The van der Waals surface area contributed by atoms with Crippen LogP contribution in [0.3, 0.4) is 0 Å². The number of hydrogen-bond donors (Lipinski definition) is 0. The summed E-state index contributed by atoms with van der Waals surface area (Å²) < 4.78 is 14.6. The van der Waals surface area contributed by atoms with Crippen LogP contribution in [-0.4, -0.2) is 31.6 Å². The van der Waals surface area contributed by atoms with Crippen molar-refractivity contribution in [2.45, 2.75) is 25.0 Å². The van der Waals surface area contributed by atoms with Gasteiger partial charge >= 0.3 is 0 Å². The van der Waals surface area contributed by atoms with Gasteiger partial charge in [0.2, 0.25) is 0 Å². The summed E-state index contributed by atoms with van der Waals surface area (Å²) in [6.07, 6.45) is 1.63. The van der Waals surface area contributed by atoms with Crippen LogP contribution in [0.2, 0.25) is 0 Å². The Hall–Kier alpha value is -1.91. The van der Waals surface area contributed by atoms with Gasteiger partial charge in [-0.25, -0.2) is 9.45 Å². The maximum Gasteiger partial charge on any atom is 0.128 e. The van der Waals surface area contributed by atoms with Crippen molar-refractivity contribution in [1.29, 1.82) is 0 Å². The van der Waals surface area contributed by atoms with Crippen LogP contribution in [0.15, 0.2) is 42.5 Å². The Labute approximate surface area is 136 Å². The first kappa shape index (κ1) is 14.7. The first-order valence-corrected chi connectivity index (χ1v) is 8.09. The number of hydroxylamine groups is 1. The van der Waals surface area contributed by atoms with Crippen molar-refractivity contribution in [3.05, 3.63) is 65.0 Å². The van der Waals surface area contributed by atoms with Gasteiger partial charge in [-0.15, -0.1) is 0 Å². The largest absolute Gasteiger partial charge is 0.307 e. The van der Waals surface area contributed by atoms with E-state index < -0.39 is 0 Å². The third-order valence-corrected chi connectivity index (χ3v) is 4.69. The zero-order valence-electron chi connectivity index (χ0n) is 13.5. The smallest absolute Gasteiger partial charge is 0.128 e. The molecule has 2 unspecified atom stereocenters. The van der Waals surface area contributed by atoms with E-state index in [9.17, 15) is 4.39 Å². The standard InChI is InChI=1S/C19H21FN2O/c1-21(2)12-15-11-18-19-14(7-5-8-16(19)20)10-13-6-3-4-9-17(13)22(18)23-15/h3-9,15,18H,10-12H2,1-2H3. The molecule has 1 saturated heterocycles. The van der Waals surface area contributed by atoms with Gasteiger partial charge in [0.05, 0.1) is 11.7 Å². The Morgan fingerprint density at radius 3 is 2.74 bits per heavy atom. The summed E-state index contributed by atoms with van der Waals surface area (Å²) in [5.41, 5.74) is 4.12. The summed E-state index contributed by atoms with van der Waals surface area (Å²) in [5.74, 6) is -0.126. The van der Waals surface area contributed by atoms with E-state index >= 15 is 0 Å². The minimum Gasteiger partial charge on any atom is -0.307 e. The lowest BCUT2D eigenvalue weighted by atomic mass is 9.94. The first-order valence-electron chi connectivity index (χ1n) is 8.09. The molecule has 2 atom stereocenters. The second kappa shape index (κ2) is 5.62. The van der Waals surface area contributed by atoms with Crippen LogP contribution in [0.5, 0.6) is 0 Å². The monoisotopic (exact) mass is 312 g/mol. The molecule has 0 aromatic heterocycles. The van der Waals surface area contributed by atoms with Crippen LogP contribution < -0.4 is 5.06 Å². The van der Waals surface area contributed by atoms with Crippen LogP contribution in [0.25, 0.3) is 0 Å². The molecule has 2 aromatic carbocycles. The summed E-state index contributed by atoms with van der Waals surface area (Å²) >= 11 is 0. The van der Waals surface area contributed by atoms with Gasteiger partial charge in [-0.3, -0.25) is 4.84 Å². The lowest BCUT2D eigenvalue weighted by Crippen LogP contribution is -2.27. The van der Waals surface area contributed by atoms with Gasteiger partial charge in [0.1, 0.15) is 11.9 Å². The van der Waals surface area contributed by atoms with E-state index in [2.05, 4.69) is 17.0 Å². The Balaban J connectivity index is 1.82. The zero-order valence-corrected chi connectivity index (χ0v) is 13.5. The molecule has 0 N–H and O–H groups in total. The van der Waals surface area contributed by atoms with Gasteiger partial charge in [-0.1, -0.05) is 30.3 Å². The molecule has 23 heavy (non-hydrogen) atoms. The molecule has 2 heterocycles. The van der Waals surface area contributed by atoms with Crippen LogP contribution >= 0.6 is 0 Å². The summed E-state index contributed by atoms with van der Waals surface area (Å²) in [5, 5.41) is 1.94. The van der Waals surface area contributed by atoms with Crippen molar-refractivity contribution in [2.24, 2.45) is 0 Å².